The van der Waals surface area contributed by atoms with Gasteiger partial charge in [0.25, 0.3) is 0 Å². The van der Waals surface area contributed by atoms with Crippen molar-refractivity contribution < 1.29 is 4.74 Å². The molecule has 76 valence electrons. The lowest BCUT2D eigenvalue weighted by molar-refractivity contribution is 0.185. The summed E-state index contributed by atoms with van der Waals surface area (Å²) in [4.78, 5) is 0. The summed E-state index contributed by atoms with van der Waals surface area (Å²) in [5, 5.41) is 3.64. The lowest BCUT2D eigenvalue weighted by Gasteiger charge is -2.29. The minimum Gasteiger partial charge on any atom is -0.380 e. The molecule has 0 aromatic heterocycles. The number of hydrogen-bond acceptors (Lipinski definition) is 3. The normalized spacial score (nSPS) is 40.8. The molecule has 0 amide bonds. The van der Waals surface area contributed by atoms with Crippen LogP contribution in [-0.2, 0) is 4.74 Å². The van der Waals surface area contributed by atoms with Gasteiger partial charge in [-0.05, 0) is 25.7 Å². The summed E-state index contributed by atoms with van der Waals surface area (Å²) in [6, 6.07) is 1.67. The van der Waals surface area contributed by atoms with Crippen molar-refractivity contribution in [1.29, 1.82) is 0 Å². The van der Waals surface area contributed by atoms with Crippen molar-refractivity contribution in [3.8, 4) is 0 Å². The standard InChI is InChI=1S/C10H20N2O/c11-8-2-1-3-9(6-8)12-10-4-5-13-7-10/h8-10,12H,1-7,11H2. The van der Waals surface area contributed by atoms with Crippen LogP contribution < -0.4 is 11.1 Å². The summed E-state index contributed by atoms with van der Waals surface area (Å²) in [5.74, 6) is 0. The molecule has 3 unspecified atom stereocenters. The van der Waals surface area contributed by atoms with Gasteiger partial charge in [0.05, 0.1) is 6.61 Å². The highest BCUT2D eigenvalue weighted by atomic mass is 16.5. The summed E-state index contributed by atoms with van der Waals surface area (Å²) in [6.07, 6.45) is 6.11. The molecule has 0 bridgehead atoms. The Hall–Kier alpha value is -0.120. The molecule has 0 radical (unpaired) electrons. The van der Waals surface area contributed by atoms with E-state index in [1.54, 1.807) is 0 Å². The third-order valence-corrected chi connectivity index (χ3v) is 3.12. The van der Waals surface area contributed by atoms with E-state index in [2.05, 4.69) is 5.32 Å². The molecule has 0 aromatic rings. The van der Waals surface area contributed by atoms with E-state index < -0.39 is 0 Å². The van der Waals surface area contributed by atoms with Crippen molar-refractivity contribution in [3.05, 3.63) is 0 Å². The van der Waals surface area contributed by atoms with Gasteiger partial charge >= 0.3 is 0 Å². The Kier molecular flexibility index (Phi) is 3.19. The van der Waals surface area contributed by atoms with Crippen molar-refractivity contribution in [2.24, 2.45) is 5.73 Å². The minimum absolute atomic E-state index is 0.425. The van der Waals surface area contributed by atoms with Gasteiger partial charge in [-0.1, -0.05) is 6.42 Å². The van der Waals surface area contributed by atoms with Crippen molar-refractivity contribution in [2.45, 2.75) is 50.2 Å². The van der Waals surface area contributed by atoms with Crippen molar-refractivity contribution >= 4 is 0 Å². The predicted molar refractivity (Wildman–Crippen MR) is 52.6 cm³/mol. The van der Waals surface area contributed by atoms with Crippen molar-refractivity contribution in [1.82, 2.24) is 5.32 Å². The van der Waals surface area contributed by atoms with E-state index in [1.165, 1.54) is 25.7 Å². The molecule has 3 nitrogen and oxygen atoms in total. The van der Waals surface area contributed by atoms with Gasteiger partial charge in [-0.3, -0.25) is 0 Å². The minimum atomic E-state index is 0.425. The molecule has 2 fully saturated rings. The van der Waals surface area contributed by atoms with Gasteiger partial charge in [-0.25, -0.2) is 0 Å². The van der Waals surface area contributed by atoms with Crippen LogP contribution in [-0.4, -0.2) is 31.3 Å². The lowest BCUT2D eigenvalue weighted by atomic mass is 9.91. The van der Waals surface area contributed by atoms with Crippen LogP contribution >= 0.6 is 0 Å². The monoisotopic (exact) mass is 184 g/mol. The topological polar surface area (TPSA) is 47.3 Å². The molecule has 1 heterocycles. The van der Waals surface area contributed by atoms with E-state index in [4.69, 9.17) is 10.5 Å². The third-order valence-electron chi connectivity index (χ3n) is 3.12. The molecule has 1 aliphatic carbocycles. The van der Waals surface area contributed by atoms with Gasteiger partial charge in [0, 0.05) is 24.7 Å². The van der Waals surface area contributed by atoms with Gasteiger partial charge in [0.15, 0.2) is 0 Å². The molecule has 0 spiro atoms. The van der Waals surface area contributed by atoms with Crippen LogP contribution in [0.15, 0.2) is 0 Å². The van der Waals surface area contributed by atoms with Crippen molar-refractivity contribution in [2.75, 3.05) is 13.2 Å². The first-order valence-corrected chi connectivity index (χ1v) is 5.44. The van der Waals surface area contributed by atoms with Gasteiger partial charge in [0.2, 0.25) is 0 Å². The number of ether oxygens (including phenoxy) is 1. The van der Waals surface area contributed by atoms with E-state index in [1.807, 2.05) is 0 Å². The highest BCUT2D eigenvalue weighted by Crippen LogP contribution is 2.18. The van der Waals surface area contributed by atoms with Crippen LogP contribution in [0.5, 0.6) is 0 Å². The van der Waals surface area contributed by atoms with E-state index in [0.717, 1.165) is 19.6 Å². The number of hydrogen-bond donors (Lipinski definition) is 2. The van der Waals surface area contributed by atoms with Gasteiger partial charge in [-0.2, -0.15) is 0 Å². The molecule has 3 heteroatoms. The number of nitrogens with one attached hydrogen (secondary N) is 1. The van der Waals surface area contributed by atoms with E-state index in [-0.39, 0.29) is 0 Å². The maximum Gasteiger partial charge on any atom is 0.0620 e. The summed E-state index contributed by atoms with van der Waals surface area (Å²) in [5.41, 5.74) is 5.93. The summed E-state index contributed by atoms with van der Waals surface area (Å²) in [7, 11) is 0. The molecule has 3 atom stereocenters. The maximum atomic E-state index is 5.93. The lowest BCUT2D eigenvalue weighted by Crippen LogP contribution is -2.44. The average molecular weight is 184 g/mol. The second-order valence-corrected chi connectivity index (χ2v) is 4.35. The summed E-state index contributed by atoms with van der Waals surface area (Å²) >= 11 is 0. The first-order valence-electron chi connectivity index (χ1n) is 5.44. The zero-order chi connectivity index (χ0) is 9.10. The Bertz CT molecular complexity index is 157. The maximum absolute atomic E-state index is 5.93. The molecule has 1 saturated heterocycles. The SMILES string of the molecule is NC1CCCC(NC2CCOC2)C1. The van der Waals surface area contributed by atoms with E-state index >= 15 is 0 Å². The quantitative estimate of drug-likeness (QED) is 0.662. The van der Waals surface area contributed by atoms with Crippen LogP contribution in [0.3, 0.4) is 0 Å². The second-order valence-electron chi connectivity index (χ2n) is 4.35. The fraction of sp³-hybridized carbons (Fsp3) is 1.00. The van der Waals surface area contributed by atoms with Crippen LogP contribution in [0.4, 0.5) is 0 Å². The van der Waals surface area contributed by atoms with Crippen LogP contribution in [0, 0.1) is 0 Å². The largest absolute Gasteiger partial charge is 0.380 e. The van der Waals surface area contributed by atoms with E-state index in [0.29, 0.717) is 18.1 Å². The highest BCUT2D eigenvalue weighted by Gasteiger charge is 2.23. The molecule has 1 saturated carbocycles. The summed E-state index contributed by atoms with van der Waals surface area (Å²) < 4.78 is 5.33. The fourth-order valence-electron chi connectivity index (χ4n) is 2.38. The Morgan fingerprint density at radius 3 is 2.77 bits per heavy atom. The Morgan fingerprint density at radius 1 is 1.15 bits per heavy atom. The zero-order valence-corrected chi connectivity index (χ0v) is 8.17. The zero-order valence-electron chi connectivity index (χ0n) is 8.17. The predicted octanol–water partition coefficient (Wildman–Crippen LogP) is 0.635. The van der Waals surface area contributed by atoms with Gasteiger partial charge in [0.1, 0.15) is 0 Å². The summed E-state index contributed by atoms with van der Waals surface area (Å²) in [6.45, 7) is 1.82. The number of rotatable bonds is 2. The van der Waals surface area contributed by atoms with Crippen LogP contribution in [0.2, 0.25) is 0 Å². The Morgan fingerprint density at radius 2 is 2.08 bits per heavy atom. The van der Waals surface area contributed by atoms with Crippen LogP contribution in [0.1, 0.15) is 32.1 Å². The van der Waals surface area contributed by atoms with Crippen LogP contribution in [0.25, 0.3) is 0 Å². The Balaban J connectivity index is 1.73. The number of nitrogens with two attached hydrogens (primary N) is 1. The molecular formula is C10H20N2O. The molecule has 13 heavy (non-hydrogen) atoms. The Labute approximate surface area is 80.0 Å². The van der Waals surface area contributed by atoms with Gasteiger partial charge < -0.3 is 15.8 Å². The second kappa shape index (κ2) is 4.40. The fourth-order valence-corrected chi connectivity index (χ4v) is 2.38. The first kappa shape index (κ1) is 9.44. The third kappa shape index (κ3) is 2.66. The average Bonchev–Trinajstić information content (AvgIpc) is 2.57. The molecule has 2 aliphatic rings. The molecule has 1 aliphatic heterocycles. The molecule has 0 aromatic carbocycles. The molecule has 3 N–H and O–H groups in total. The molecule has 2 rings (SSSR count). The van der Waals surface area contributed by atoms with Gasteiger partial charge in [-0.15, -0.1) is 0 Å². The smallest absolute Gasteiger partial charge is 0.0620 e. The molecular weight excluding hydrogens is 164 g/mol. The first-order chi connectivity index (χ1) is 6.34. The van der Waals surface area contributed by atoms with E-state index in [9.17, 15) is 0 Å². The highest BCUT2D eigenvalue weighted by molar-refractivity contribution is 4.83. The van der Waals surface area contributed by atoms with Crippen molar-refractivity contribution in [3.63, 3.8) is 0 Å².